The molecule has 1 aromatic carbocycles. The Kier molecular flexibility index (Phi) is 5.47. The summed E-state index contributed by atoms with van der Waals surface area (Å²) in [4.78, 5) is 23.2. The summed E-state index contributed by atoms with van der Waals surface area (Å²) in [6.07, 6.45) is 0. The summed E-state index contributed by atoms with van der Waals surface area (Å²) >= 11 is 0. The van der Waals surface area contributed by atoms with Crippen LogP contribution in [-0.2, 0) is 16.2 Å². The van der Waals surface area contributed by atoms with E-state index in [1.807, 2.05) is 0 Å². The smallest absolute Gasteiger partial charge is 0.246 e. The van der Waals surface area contributed by atoms with Gasteiger partial charge in [-0.05, 0) is 31.5 Å². The maximum absolute atomic E-state index is 11.8. The number of rotatable bonds is 5. The Hall–Kier alpha value is -1.92. The molecule has 0 bridgehead atoms. The number of hydrogen-bond acceptors (Lipinski definition) is 4. The Labute approximate surface area is 112 Å². The fourth-order valence-corrected chi connectivity index (χ4v) is 1.35. The van der Waals surface area contributed by atoms with Gasteiger partial charge in [0.1, 0.15) is 6.04 Å². The fraction of sp³-hybridized carbons (Fsp3) is 0.385. The quantitative estimate of drug-likeness (QED) is 0.600. The molecule has 6 nitrogen and oxygen atoms in total. The fourth-order valence-electron chi connectivity index (χ4n) is 1.35. The highest BCUT2D eigenvalue weighted by Gasteiger charge is 2.17. The van der Waals surface area contributed by atoms with Crippen molar-refractivity contribution in [3.05, 3.63) is 29.8 Å². The molecule has 0 spiro atoms. The lowest BCUT2D eigenvalue weighted by atomic mass is 10.2. The maximum atomic E-state index is 11.8. The number of carbonyl (C=O) groups is 2. The van der Waals surface area contributed by atoms with Crippen LogP contribution in [0.15, 0.2) is 24.3 Å². The zero-order chi connectivity index (χ0) is 14.4. The molecular formula is C13H19N3O3. The molecule has 0 radical (unpaired) electrons. The monoisotopic (exact) mass is 265 g/mol. The van der Waals surface area contributed by atoms with Crippen molar-refractivity contribution in [1.82, 2.24) is 5.32 Å². The third-order valence-corrected chi connectivity index (χ3v) is 2.57. The number of nitrogens with one attached hydrogen (secondary N) is 2. The molecule has 0 aromatic heterocycles. The van der Waals surface area contributed by atoms with Gasteiger partial charge in [0.05, 0.1) is 12.6 Å². The largest absolute Gasteiger partial charge is 0.392 e. The molecule has 0 saturated carbocycles. The number of aliphatic hydroxyl groups excluding tert-OH is 1. The molecule has 0 fully saturated rings. The van der Waals surface area contributed by atoms with Crippen molar-refractivity contribution in [2.75, 3.05) is 5.32 Å². The summed E-state index contributed by atoms with van der Waals surface area (Å²) in [6.45, 7) is 3.08. The van der Waals surface area contributed by atoms with E-state index in [-0.39, 0.29) is 18.4 Å². The summed E-state index contributed by atoms with van der Waals surface area (Å²) in [5.41, 5.74) is 6.76. The van der Waals surface area contributed by atoms with Crippen LogP contribution in [0.2, 0.25) is 0 Å². The van der Waals surface area contributed by atoms with E-state index in [1.54, 1.807) is 38.1 Å². The second kappa shape index (κ2) is 6.86. The van der Waals surface area contributed by atoms with Gasteiger partial charge in [-0.1, -0.05) is 12.1 Å². The van der Waals surface area contributed by atoms with Crippen LogP contribution in [-0.4, -0.2) is 29.0 Å². The summed E-state index contributed by atoms with van der Waals surface area (Å²) in [5.74, 6) is -0.705. The Bertz CT molecular complexity index is 443. The van der Waals surface area contributed by atoms with Gasteiger partial charge in [-0.15, -0.1) is 0 Å². The van der Waals surface area contributed by atoms with Gasteiger partial charge in [-0.25, -0.2) is 0 Å². The first-order valence-corrected chi connectivity index (χ1v) is 6.00. The van der Waals surface area contributed by atoms with E-state index in [1.165, 1.54) is 0 Å². The SMILES string of the molecule is CC(N)C(=O)N[C@@H](C)C(=O)Nc1ccc(CO)cc1. The van der Waals surface area contributed by atoms with E-state index in [0.717, 1.165) is 5.56 Å². The van der Waals surface area contributed by atoms with E-state index in [0.29, 0.717) is 5.69 Å². The molecule has 2 amide bonds. The van der Waals surface area contributed by atoms with Crippen molar-refractivity contribution in [3.8, 4) is 0 Å². The van der Waals surface area contributed by atoms with Crippen molar-refractivity contribution >= 4 is 17.5 Å². The maximum Gasteiger partial charge on any atom is 0.246 e. The van der Waals surface area contributed by atoms with E-state index in [9.17, 15) is 9.59 Å². The molecule has 0 aliphatic rings. The lowest BCUT2D eigenvalue weighted by Gasteiger charge is -2.15. The average Bonchev–Trinajstić information content (AvgIpc) is 2.39. The van der Waals surface area contributed by atoms with Crippen molar-refractivity contribution in [3.63, 3.8) is 0 Å². The first-order chi connectivity index (χ1) is 8.93. The number of hydrogen-bond donors (Lipinski definition) is 4. The first kappa shape index (κ1) is 15.1. The normalized spacial score (nSPS) is 13.5. The summed E-state index contributed by atoms with van der Waals surface area (Å²) in [7, 11) is 0. The molecule has 2 atom stereocenters. The third-order valence-electron chi connectivity index (χ3n) is 2.57. The van der Waals surface area contributed by atoms with Gasteiger partial charge in [0.15, 0.2) is 0 Å². The number of aliphatic hydroxyl groups is 1. The molecule has 6 heteroatoms. The highest BCUT2D eigenvalue weighted by Crippen LogP contribution is 2.09. The standard InChI is InChI=1S/C13H19N3O3/c1-8(14)12(18)15-9(2)13(19)16-11-5-3-10(7-17)4-6-11/h3-6,8-9,17H,7,14H2,1-2H3,(H,15,18)(H,16,19)/t8?,9-/m0/s1. The van der Waals surface area contributed by atoms with Gasteiger partial charge in [0, 0.05) is 5.69 Å². The number of benzene rings is 1. The Morgan fingerprint density at radius 1 is 1.21 bits per heavy atom. The van der Waals surface area contributed by atoms with Crippen LogP contribution in [0.5, 0.6) is 0 Å². The Morgan fingerprint density at radius 3 is 2.26 bits per heavy atom. The molecular weight excluding hydrogens is 246 g/mol. The molecule has 19 heavy (non-hydrogen) atoms. The molecule has 5 N–H and O–H groups in total. The number of amides is 2. The predicted octanol–water partition coefficient (Wildman–Crippen LogP) is -0.0307. The van der Waals surface area contributed by atoms with Crippen LogP contribution >= 0.6 is 0 Å². The minimum Gasteiger partial charge on any atom is -0.392 e. The first-order valence-electron chi connectivity index (χ1n) is 6.00. The average molecular weight is 265 g/mol. The van der Waals surface area contributed by atoms with Crippen molar-refractivity contribution in [1.29, 1.82) is 0 Å². The predicted molar refractivity (Wildman–Crippen MR) is 72.2 cm³/mol. The van der Waals surface area contributed by atoms with Gasteiger partial charge < -0.3 is 21.5 Å². The topological polar surface area (TPSA) is 104 Å². The zero-order valence-corrected chi connectivity index (χ0v) is 11.0. The second-order valence-electron chi connectivity index (χ2n) is 4.36. The minimum atomic E-state index is -0.670. The van der Waals surface area contributed by atoms with Crippen LogP contribution < -0.4 is 16.4 Å². The number of anilines is 1. The Balaban J connectivity index is 2.55. The second-order valence-corrected chi connectivity index (χ2v) is 4.36. The highest BCUT2D eigenvalue weighted by atomic mass is 16.3. The van der Waals surface area contributed by atoms with Crippen LogP contribution in [0.3, 0.4) is 0 Å². The molecule has 1 aromatic rings. The lowest BCUT2D eigenvalue weighted by Crippen LogP contribution is -2.47. The van der Waals surface area contributed by atoms with Gasteiger partial charge in [0.25, 0.3) is 0 Å². The number of nitrogens with two attached hydrogens (primary N) is 1. The molecule has 1 rings (SSSR count). The summed E-state index contributed by atoms with van der Waals surface area (Å²) < 4.78 is 0. The van der Waals surface area contributed by atoms with E-state index in [2.05, 4.69) is 10.6 Å². The van der Waals surface area contributed by atoms with Gasteiger partial charge in [0.2, 0.25) is 11.8 Å². The minimum absolute atomic E-state index is 0.0466. The molecule has 104 valence electrons. The third kappa shape index (κ3) is 4.69. The van der Waals surface area contributed by atoms with Gasteiger partial charge in [-0.3, -0.25) is 9.59 Å². The summed E-state index contributed by atoms with van der Waals surface area (Å²) in [6, 6.07) is 5.46. The van der Waals surface area contributed by atoms with E-state index in [4.69, 9.17) is 10.8 Å². The van der Waals surface area contributed by atoms with Gasteiger partial charge in [-0.2, -0.15) is 0 Å². The van der Waals surface area contributed by atoms with Crippen molar-refractivity contribution < 1.29 is 14.7 Å². The van der Waals surface area contributed by atoms with Crippen LogP contribution in [0, 0.1) is 0 Å². The zero-order valence-electron chi connectivity index (χ0n) is 11.0. The van der Waals surface area contributed by atoms with Crippen molar-refractivity contribution in [2.45, 2.75) is 32.5 Å². The molecule has 0 heterocycles. The van der Waals surface area contributed by atoms with E-state index >= 15 is 0 Å². The molecule has 0 aliphatic heterocycles. The highest BCUT2D eigenvalue weighted by molar-refractivity contribution is 5.97. The van der Waals surface area contributed by atoms with Crippen LogP contribution in [0.25, 0.3) is 0 Å². The summed E-state index contributed by atoms with van der Waals surface area (Å²) in [5, 5.41) is 14.1. The van der Waals surface area contributed by atoms with Crippen LogP contribution in [0.1, 0.15) is 19.4 Å². The molecule has 0 aliphatic carbocycles. The lowest BCUT2D eigenvalue weighted by molar-refractivity contribution is -0.126. The number of carbonyl (C=O) groups excluding carboxylic acids is 2. The van der Waals surface area contributed by atoms with Gasteiger partial charge >= 0.3 is 0 Å². The molecule has 1 unspecified atom stereocenters. The van der Waals surface area contributed by atoms with Crippen LogP contribution in [0.4, 0.5) is 5.69 Å². The molecule has 0 saturated heterocycles. The van der Waals surface area contributed by atoms with E-state index < -0.39 is 12.1 Å². The Morgan fingerprint density at radius 2 is 1.79 bits per heavy atom. The van der Waals surface area contributed by atoms with Crippen molar-refractivity contribution in [2.24, 2.45) is 5.73 Å².